The highest BCUT2D eigenvalue weighted by Crippen LogP contribution is 2.51. The molecule has 3 heteroatoms. The Bertz CT molecular complexity index is 300. The largest absolute Gasteiger partial charge is 0.296 e. The van der Waals surface area contributed by atoms with Gasteiger partial charge in [-0.1, -0.05) is 32.6 Å². The Balaban J connectivity index is 2.08. The molecule has 2 amide bonds. The van der Waals surface area contributed by atoms with E-state index in [0.29, 0.717) is 6.42 Å². The van der Waals surface area contributed by atoms with Crippen LogP contribution in [0.1, 0.15) is 58.3 Å². The van der Waals surface area contributed by atoms with E-state index in [4.69, 9.17) is 0 Å². The van der Waals surface area contributed by atoms with Crippen molar-refractivity contribution in [3.63, 3.8) is 0 Å². The highest BCUT2D eigenvalue weighted by atomic mass is 16.2. The molecule has 2 aliphatic rings. The second-order valence-electron chi connectivity index (χ2n) is 5.35. The van der Waals surface area contributed by atoms with Gasteiger partial charge in [0.25, 0.3) is 0 Å². The van der Waals surface area contributed by atoms with Gasteiger partial charge in [0.05, 0.1) is 0 Å². The quantitative estimate of drug-likeness (QED) is 0.587. The van der Waals surface area contributed by atoms with Gasteiger partial charge in [-0.3, -0.25) is 14.9 Å². The number of carbonyl (C=O) groups excluding carboxylic acids is 2. The van der Waals surface area contributed by atoms with Crippen molar-refractivity contribution in [2.24, 2.45) is 11.3 Å². The van der Waals surface area contributed by atoms with Crippen LogP contribution in [0.3, 0.4) is 0 Å². The first kappa shape index (κ1) is 11.6. The van der Waals surface area contributed by atoms with Gasteiger partial charge in [0.15, 0.2) is 0 Å². The third-order valence-electron chi connectivity index (χ3n) is 4.28. The number of nitrogens with one attached hydrogen (secondary N) is 1. The second-order valence-corrected chi connectivity index (χ2v) is 5.35. The molecule has 1 N–H and O–H groups in total. The fourth-order valence-electron chi connectivity index (χ4n) is 3.46. The molecule has 3 nitrogen and oxygen atoms in total. The number of piperidine rings is 1. The van der Waals surface area contributed by atoms with E-state index in [2.05, 4.69) is 12.2 Å². The molecule has 90 valence electrons. The molecule has 1 aliphatic carbocycles. The second kappa shape index (κ2) is 4.56. The van der Waals surface area contributed by atoms with Crippen LogP contribution in [-0.4, -0.2) is 11.8 Å². The van der Waals surface area contributed by atoms with Gasteiger partial charge in [0.1, 0.15) is 0 Å². The Morgan fingerprint density at radius 1 is 1.38 bits per heavy atom. The van der Waals surface area contributed by atoms with Crippen molar-refractivity contribution in [3.05, 3.63) is 0 Å². The topological polar surface area (TPSA) is 46.2 Å². The lowest BCUT2D eigenvalue weighted by Crippen LogP contribution is -2.49. The van der Waals surface area contributed by atoms with E-state index in [0.717, 1.165) is 32.1 Å². The predicted octanol–water partition coefficient (Wildman–Crippen LogP) is 2.40. The number of hydrogen-bond donors (Lipinski definition) is 1. The minimum atomic E-state index is -0.0559. The first-order chi connectivity index (χ1) is 7.68. The molecule has 0 aromatic rings. The Kier molecular flexibility index (Phi) is 3.31. The van der Waals surface area contributed by atoms with E-state index in [1.807, 2.05) is 0 Å². The minimum absolute atomic E-state index is 0.00903. The van der Waals surface area contributed by atoms with Gasteiger partial charge >= 0.3 is 0 Å². The summed E-state index contributed by atoms with van der Waals surface area (Å²) in [6, 6.07) is 0. The summed E-state index contributed by atoms with van der Waals surface area (Å²) in [6.45, 7) is 2.18. The number of hydrogen-bond acceptors (Lipinski definition) is 2. The van der Waals surface area contributed by atoms with Crippen LogP contribution >= 0.6 is 0 Å². The first-order valence-electron chi connectivity index (χ1n) is 6.52. The molecule has 2 fully saturated rings. The van der Waals surface area contributed by atoms with Gasteiger partial charge in [0.2, 0.25) is 11.8 Å². The van der Waals surface area contributed by atoms with E-state index < -0.39 is 0 Å². The third-order valence-corrected chi connectivity index (χ3v) is 4.28. The molecule has 16 heavy (non-hydrogen) atoms. The zero-order valence-electron chi connectivity index (χ0n) is 10.1. The molecule has 0 radical (unpaired) electrons. The number of carbonyl (C=O) groups is 2. The third kappa shape index (κ3) is 2.00. The van der Waals surface area contributed by atoms with E-state index in [1.165, 1.54) is 12.8 Å². The molecule has 1 saturated heterocycles. The molecular formula is C13H21NO2. The summed E-state index contributed by atoms with van der Waals surface area (Å²) < 4.78 is 0. The summed E-state index contributed by atoms with van der Waals surface area (Å²) >= 11 is 0. The number of unbranched alkanes of at least 4 members (excludes halogenated alkanes) is 2. The fourth-order valence-corrected chi connectivity index (χ4v) is 3.46. The summed E-state index contributed by atoms with van der Waals surface area (Å²) in [4.78, 5) is 23.3. The highest BCUT2D eigenvalue weighted by molar-refractivity contribution is 5.99. The molecule has 0 aromatic carbocycles. The van der Waals surface area contributed by atoms with Gasteiger partial charge < -0.3 is 0 Å². The number of rotatable bonds is 4. The Labute approximate surface area is 97.0 Å². The van der Waals surface area contributed by atoms with Crippen molar-refractivity contribution < 1.29 is 9.59 Å². The summed E-state index contributed by atoms with van der Waals surface area (Å²) in [5.41, 5.74) is 0.0224. The maximum Gasteiger partial charge on any atom is 0.230 e. The Hall–Kier alpha value is -0.860. The lowest BCUT2D eigenvalue weighted by atomic mass is 9.69. The SMILES string of the molecule is CCCCCC12CCCC1C(=O)NC(=O)C2. The van der Waals surface area contributed by atoms with Crippen LogP contribution in [0.4, 0.5) is 0 Å². The number of imide groups is 1. The summed E-state index contributed by atoms with van der Waals surface area (Å²) in [7, 11) is 0. The lowest BCUT2D eigenvalue weighted by molar-refractivity contribution is -0.142. The van der Waals surface area contributed by atoms with Crippen molar-refractivity contribution in [2.45, 2.75) is 58.3 Å². The van der Waals surface area contributed by atoms with Crippen LogP contribution in [-0.2, 0) is 9.59 Å². The van der Waals surface area contributed by atoms with Crippen molar-refractivity contribution in [2.75, 3.05) is 0 Å². The Morgan fingerprint density at radius 3 is 2.94 bits per heavy atom. The van der Waals surface area contributed by atoms with E-state index >= 15 is 0 Å². The normalized spacial score (nSPS) is 33.7. The summed E-state index contributed by atoms with van der Waals surface area (Å²) in [5.74, 6) is 0.0481. The summed E-state index contributed by atoms with van der Waals surface area (Å²) in [6.07, 6.45) is 8.36. The van der Waals surface area contributed by atoms with Crippen molar-refractivity contribution in [1.82, 2.24) is 5.32 Å². The van der Waals surface area contributed by atoms with Crippen LogP contribution < -0.4 is 5.32 Å². The van der Waals surface area contributed by atoms with Crippen LogP contribution in [0.15, 0.2) is 0 Å². The van der Waals surface area contributed by atoms with Gasteiger partial charge in [-0.15, -0.1) is 0 Å². The molecule has 2 atom stereocenters. The standard InChI is InChI=1S/C13H21NO2/c1-2-3-4-7-13-8-5-6-10(13)12(16)14-11(15)9-13/h10H,2-9H2,1H3,(H,14,15,16). The average molecular weight is 223 g/mol. The summed E-state index contributed by atoms with van der Waals surface area (Å²) in [5, 5.41) is 2.49. The highest BCUT2D eigenvalue weighted by Gasteiger charge is 2.50. The minimum Gasteiger partial charge on any atom is -0.296 e. The Morgan fingerprint density at radius 2 is 2.19 bits per heavy atom. The van der Waals surface area contributed by atoms with E-state index in [9.17, 15) is 9.59 Å². The molecule has 2 rings (SSSR count). The maximum atomic E-state index is 11.8. The van der Waals surface area contributed by atoms with Crippen LogP contribution in [0, 0.1) is 11.3 Å². The predicted molar refractivity (Wildman–Crippen MR) is 61.7 cm³/mol. The van der Waals surface area contributed by atoms with E-state index in [-0.39, 0.29) is 23.1 Å². The zero-order chi connectivity index (χ0) is 11.6. The first-order valence-corrected chi connectivity index (χ1v) is 6.52. The van der Waals surface area contributed by atoms with E-state index in [1.54, 1.807) is 0 Å². The van der Waals surface area contributed by atoms with Crippen LogP contribution in [0.25, 0.3) is 0 Å². The molecular weight excluding hydrogens is 202 g/mol. The van der Waals surface area contributed by atoms with Crippen molar-refractivity contribution in [3.8, 4) is 0 Å². The van der Waals surface area contributed by atoms with Crippen LogP contribution in [0.5, 0.6) is 0 Å². The fraction of sp³-hybridized carbons (Fsp3) is 0.846. The molecule has 0 spiro atoms. The number of fused-ring (bicyclic) bond motifs is 1. The van der Waals surface area contributed by atoms with Crippen molar-refractivity contribution >= 4 is 11.8 Å². The van der Waals surface area contributed by atoms with Crippen molar-refractivity contribution in [1.29, 1.82) is 0 Å². The molecule has 1 heterocycles. The molecule has 1 aliphatic heterocycles. The molecule has 1 saturated carbocycles. The molecule has 0 bridgehead atoms. The van der Waals surface area contributed by atoms with Gasteiger partial charge in [-0.25, -0.2) is 0 Å². The van der Waals surface area contributed by atoms with Gasteiger partial charge in [-0.2, -0.15) is 0 Å². The van der Waals surface area contributed by atoms with Gasteiger partial charge in [0, 0.05) is 12.3 Å². The monoisotopic (exact) mass is 223 g/mol. The number of amides is 2. The zero-order valence-corrected chi connectivity index (χ0v) is 10.1. The smallest absolute Gasteiger partial charge is 0.230 e. The van der Waals surface area contributed by atoms with Crippen LogP contribution in [0.2, 0.25) is 0 Å². The maximum absolute atomic E-state index is 11.8. The average Bonchev–Trinajstić information content (AvgIpc) is 2.62. The van der Waals surface area contributed by atoms with Gasteiger partial charge in [-0.05, 0) is 24.7 Å². The lowest BCUT2D eigenvalue weighted by Gasteiger charge is -2.38. The molecule has 2 unspecified atom stereocenters. The molecule has 0 aromatic heterocycles.